The summed E-state index contributed by atoms with van der Waals surface area (Å²) in [7, 11) is 1.40. The Hall–Kier alpha value is -3.95. The van der Waals surface area contributed by atoms with Crippen LogP contribution in [0.1, 0.15) is 36.7 Å². The Morgan fingerprint density at radius 2 is 1.89 bits per heavy atom. The number of halogens is 3. The van der Waals surface area contributed by atoms with Crippen molar-refractivity contribution >= 4 is 34.6 Å². The second-order valence-electron chi connectivity index (χ2n) is 7.95. The molecule has 16 heteroatoms. The lowest BCUT2D eigenvalue weighted by atomic mass is 10.3. The molecule has 1 unspecified atom stereocenters. The molecule has 4 rings (SSSR count). The van der Waals surface area contributed by atoms with Crippen molar-refractivity contribution in [3.8, 4) is 0 Å². The van der Waals surface area contributed by atoms with E-state index in [-0.39, 0.29) is 17.0 Å². The van der Waals surface area contributed by atoms with Crippen molar-refractivity contribution in [1.82, 2.24) is 39.3 Å². The Morgan fingerprint density at radius 1 is 1.22 bits per heavy atom. The highest BCUT2D eigenvalue weighted by Gasteiger charge is 2.35. The molecule has 0 spiro atoms. The van der Waals surface area contributed by atoms with Crippen LogP contribution in [0, 0.1) is 0 Å². The molecule has 0 aromatic carbocycles. The van der Waals surface area contributed by atoms with Crippen molar-refractivity contribution in [2.45, 2.75) is 38.0 Å². The SMILES string of the molecule is CC(=O)Cn1c(=O)c2c(ncn2[C@@H](C)C(=O)NC2=CSC(c3cnc(C(F)(F)F)nc3)N2)n(C)c1=O. The summed E-state index contributed by atoms with van der Waals surface area (Å²) in [6.45, 7) is 2.34. The predicted molar refractivity (Wildman–Crippen MR) is 121 cm³/mol. The molecule has 36 heavy (non-hydrogen) atoms. The Morgan fingerprint density at radius 3 is 2.50 bits per heavy atom. The minimum Gasteiger partial charge on any atom is -0.355 e. The van der Waals surface area contributed by atoms with Crippen LogP contribution in [0.15, 0.2) is 39.5 Å². The molecule has 3 aromatic heterocycles. The molecule has 12 nitrogen and oxygen atoms in total. The fraction of sp³-hybridized carbons (Fsp3) is 0.350. The van der Waals surface area contributed by atoms with Crippen LogP contribution >= 0.6 is 11.8 Å². The van der Waals surface area contributed by atoms with Gasteiger partial charge in [-0.05, 0) is 13.8 Å². The van der Waals surface area contributed by atoms with E-state index in [1.807, 2.05) is 0 Å². The maximum absolute atomic E-state index is 13.0. The summed E-state index contributed by atoms with van der Waals surface area (Å²) in [6, 6.07) is -0.952. The minimum atomic E-state index is -4.65. The van der Waals surface area contributed by atoms with Crippen LogP contribution in [0.3, 0.4) is 0 Å². The van der Waals surface area contributed by atoms with Crippen LogP contribution in [-0.2, 0) is 29.4 Å². The van der Waals surface area contributed by atoms with Gasteiger partial charge in [-0.15, -0.1) is 11.8 Å². The third-order valence-corrected chi connectivity index (χ3v) is 6.36. The Balaban J connectivity index is 1.52. The first-order chi connectivity index (χ1) is 16.9. The van der Waals surface area contributed by atoms with Gasteiger partial charge in [-0.1, -0.05) is 0 Å². The number of rotatable bonds is 6. The van der Waals surface area contributed by atoms with Crippen molar-refractivity contribution in [3.05, 3.63) is 62.2 Å². The number of ketones is 1. The van der Waals surface area contributed by atoms with Gasteiger partial charge in [-0.3, -0.25) is 23.5 Å². The van der Waals surface area contributed by atoms with Gasteiger partial charge in [0.15, 0.2) is 11.2 Å². The third-order valence-electron chi connectivity index (χ3n) is 5.33. The molecule has 0 bridgehead atoms. The maximum atomic E-state index is 13.0. The molecule has 1 aliphatic rings. The van der Waals surface area contributed by atoms with Crippen molar-refractivity contribution < 1.29 is 22.8 Å². The number of Topliss-reactive ketones (excluding diaryl/α,β-unsaturated/α-hetero) is 1. The van der Waals surface area contributed by atoms with Crippen LogP contribution in [0.4, 0.5) is 13.2 Å². The zero-order chi connectivity index (χ0) is 26.4. The molecule has 2 atom stereocenters. The zero-order valence-electron chi connectivity index (χ0n) is 19.0. The first-order valence-electron chi connectivity index (χ1n) is 10.4. The van der Waals surface area contributed by atoms with E-state index in [9.17, 15) is 32.3 Å². The Labute approximate surface area is 204 Å². The van der Waals surface area contributed by atoms with Crippen molar-refractivity contribution in [3.63, 3.8) is 0 Å². The van der Waals surface area contributed by atoms with Gasteiger partial charge in [0.1, 0.15) is 23.0 Å². The number of amides is 1. The molecule has 0 aliphatic carbocycles. The summed E-state index contributed by atoms with van der Waals surface area (Å²) in [6.07, 6.45) is -1.30. The summed E-state index contributed by atoms with van der Waals surface area (Å²) in [5, 5.41) is 6.64. The summed E-state index contributed by atoms with van der Waals surface area (Å²) in [5.74, 6) is -1.90. The van der Waals surface area contributed by atoms with Crippen LogP contribution in [0.2, 0.25) is 0 Å². The quantitative estimate of drug-likeness (QED) is 0.478. The second-order valence-corrected chi connectivity index (χ2v) is 8.93. The van der Waals surface area contributed by atoms with E-state index in [4.69, 9.17) is 0 Å². The van der Waals surface area contributed by atoms with Crippen LogP contribution in [0.25, 0.3) is 11.2 Å². The largest absolute Gasteiger partial charge is 0.451 e. The number of fused-ring (bicyclic) bond motifs is 1. The number of imidazole rings is 1. The number of nitrogens with one attached hydrogen (secondary N) is 2. The molecule has 0 saturated heterocycles. The maximum Gasteiger partial charge on any atom is 0.451 e. The second kappa shape index (κ2) is 9.25. The smallest absolute Gasteiger partial charge is 0.355 e. The van der Waals surface area contributed by atoms with Crippen LogP contribution in [-0.4, -0.2) is 40.3 Å². The molecular weight excluding hydrogens is 505 g/mol. The molecular formula is C20H19F3N8O4S. The highest BCUT2D eigenvalue weighted by Crippen LogP contribution is 2.34. The van der Waals surface area contributed by atoms with Crippen LogP contribution in [0.5, 0.6) is 0 Å². The van der Waals surface area contributed by atoms with Gasteiger partial charge in [0.25, 0.3) is 5.56 Å². The predicted octanol–water partition coefficient (Wildman–Crippen LogP) is 0.806. The number of aryl methyl sites for hydroxylation is 1. The number of thioether (sulfide) groups is 1. The number of aromatic nitrogens is 6. The number of nitrogens with zero attached hydrogens (tertiary/aromatic N) is 6. The van der Waals surface area contributed by atoms with Gasteiger partial charge in [0.05, 0.1) is 12.9 Å². The number of alkyl halides is 3. The highest BCUT2D eigenvalue weighted by molar-refractivity contribution is 8.02. The lowest BCUT2D eigenvalue weighted by Crippen LogP contribution is -2.41. The summed E-state index contributed by atoms with van der Waals surface area (Å²) >= 11 is 1.19. The van der Waals surface area contributed by atoms with Crippen LogP contribution < -0.4 is 21.9 Å². The van der Waals surface area contributed by atoms with Gasteiger partial charge in [0.2, 0.25) is 11.7 Å². The Bertz CT molecular complexity index is 1510. The summed E-state index contributed by atoms with van der Waals surface area (Å²) in [5.41, 5.74) is -1.06. The highest BCUT2D eigenvalue weighted by atomic mass is 32.2. The minimum absolute atomic E-state index is 0.0245. The van der Waals surface area contributed by atoms with Gasteiger partial charge < -0.3 is 15.2 Å². The van der Waals surface area contributed by atoms with E-state index < -0.39 is 52.9 Å². The van der Waals surface area contributed by atoms with Crippen molar-refractivity contribution in [2.75, 3.05) is 0 Å². The zero-order valence-corrected chi connectivity index (χ0v) is 19.8. The fourth-order valence-electron chi connectivity index (χ4n) is 3.50. The van der Waals surface area contributed by atoms with Crippen molar-refractivity contribution in [2.24, 2.45) is 7.05 Å². The van der Waals surface area contributed by atoms with Gasteiger partial charge >= 0.3 is 11.9 Å². The lowest BCUT2D eigenvalue weighted by Gasteiger charge is -2.17. The number of carbonyl (C=O) groups excluding carboxylic acids is 2. The average molecular weight is 524 g/mol. The van der Waals surface area contributed by atoms with Crippen molar-refractivity contribution in [1.29, 1.82) is 0 Å². The number of hydrogen-bond acceptors (Lipinski definition) is 9. The third kappa shape index (κ3) is 4.62. The monoisotopic (exact) mass is 524 g/mol. The lowest BCUT2D eigenvalue weighted by molar-refractivity contribution is -0.145. The fourth-order valence-corrected chi connectivity index (χ4v) is 4.37. The van der Waals surface area contributed by atoms with Gasteiger partial charge in [0, 0.05) is 30.4 Å². The summed E-state index contributed by atoms with van der Waals surface area (Å²) in [4.78, 5) is 60.7. The molecule has 1 aliphatic heterocycles. The molecule has 0 saturated carbocycles. The standard InChI is InChI=1S/C20H19F3N8O4S/c1-9(32)6-30-17(34)13-14(29(3)19(30)35)26-8-31(13)10(2)15(33)27-12-7-36-16(28-12)11-4-24-18(25-5-11)20(21,22)23/h4-5,7-8,10,16,28H,6H2,1-3H3,(H,27,33)/t10-,16?/m0/s1. The molecule has 0 fully saturated rings. The van der Waals surface area contributed by atoms with E-state index in [1.54, 1.807) is 5.41 Å². The molecule has 0 radical (unpaired) electrons. The normalized spacial score (nSPS) is 16.5. The first-order valence-corrected chi connectivity index (χ1v) is 11.3. The van der Waals surface area contributed by atoms with E-state index in [0.717, 1.165) is 21.5 Å². The molecule has 1 amide bonds. The van der Waals surface area contributed by atoms with E-state index in [1.165, 1.54) is 43.6 Å². The molecule has 2 N–H and O–H groups in total. The molecule has 4 heterocycles. The van der Waals surface area contributed by atoms with Gasteiger partial charge in [-0.25, -0.2) is 19.7 Å². The topological polar surface area (TPSA) is 146 Å². The van der Waals surface area contributed by atoms with E-state index in [0.29, 0.717) is 5.56 Å². The summed E-state index contributed by atoms with van der Waals surface area (Å²) < 4.78 is 41.2. The first kappa shape index (κ1) is 25.2. The van der Waals surface area contributed by atoms with E-state index in [2.05, 4.69) is 25.6 Å². The van der Waals surface area contributed by atoms with Gasteiger partial charge in [-0.2, -0.15) is 13.2 Å². The number of hydrogen-bond donors (Lipinski definition) is 2. The molecule has 3 aromatic rings. The number of carbonyl (C=O) groups is 2. The van der Waals surface area contributed by atoms with E-state index >= 15 is 0 Å². The average Bonchev–Trinajstić information content (AvgIpc) is 3.47. The molecule has 190 valence electrons. The Kier molecular flexibility index (Phi) is 6.46.